The summed E-state index contributed by atoms with van der Waals surface area (Å²) in [7, 11) is 0. The zero-order valence-electron chi connectivity index (χ0n) is 12.1. The topological polar surface area (TPSA) is 79.9 Å². The molecule has 0 aliphatic heterocycles. The Morgan fingerprint density at radius 1 is 1.60 bits per heavy atom. The average molecular weight is 348 g/mol. The lowest BCUT2D eigenvalue weighted by Gasteiger charge is -2.13. The molecule has 0 aliphatic carbocycles. The highest BCUT2D eigenvalue weighted by molar-refractivity contribution is 9.10. The lowest BCUT2D eigenvalue weighted by atomic mass is 10.2. The Hall–Kier alpha value is -0.920. The summed E-state index contributed by atoms with van der Waals surface area (Å²) in [5.74, 6) is 0.577. The van der Waals surface area contributed by atoms with Crippen LogP contribution in [0.3, 0.4) is 0 Å². The number of hydrogen-bond acceptors (Lipinski definition) is 6. The molecule has 1 heterocycles. The molecular weight excluding hydrogens is 326 g/mol. The zero-order chi connectivity index (χ0) is 15.0. The highest BCUT2D eigenvalue weighted by atomic mass is 79.9. The lowest BCUT2D eigenvalue weighted by Crippen LogP contribution is -2.34. The molecule has 1 aromatic heterocycles. The van der Waals surface area contributed by atoms with Gasteiger partial charge in [0.15, 0.2) is 5.76 Å². The second-order valence-corrected chi connectivity index (χ2v) is 5.63. The van der Waals surface area contributed by atoms with E-state index >= 15 is 0 Å². The van der Waals surface area contributed by atoms with Crippen molar-refractivity contribution >= 4 is 21.6 Å². The Balaban J connectivity index is 2.47. The first kappa shape index (κ1) is 17.1. The van der Waals surface area contributed by atoms with Gasteiger partial charge in [-0.2, -0.15) is 0 Å². The van der Waals surface area contributed by atoms with Gasteiger partial charge in [-0.25, -0.2) is 0 Å². The summed E-state index contributed by atoms with van der Waals surface area (Å²) < 4.78 is 5.76. The monoisotopic (exact) mass is 347 g/mol. The van der Waals surface area contributed by atoms with Crippen LogP contribution >= 0.6 is 15.9 Å². The highest BCUT2D eigenvalue weighted by Gasteiger charge is 2.11. The smallest absolute Gasteiger partial charge is 0.185 e. The van der Waals surface area contributed by atoms with Crippen LogP contribution < -0.4 is 5.32 Å². The number of aromatic nitrogens is 1. The summed E-state index contributed by atoms with van der Waals surface area (Å²) in [4.78, 5) is 5.20. The third-order valence-corrected chi connectivity index (χ3v) is 2.83. The van der Waals surface area contributed by atoms with Gasteiger partial charge in [0.05, 0.1) is 0 Å². The number of hydrogen-bond donors (Lipinski definition) is 2. The molecule has 0 saturated heterocycles. The molecule has 0 radical (unpaired) electrons. The van der Waals surface area contributed by atoms with Crippen LogP contribution in [0, 0.1) is 0 Å². The predicted molar refractivity (Wildman–Crippen MR) is 80.7 cm³/mol. The van der Waals surface area contributed by atoms with Gasteiger partial charge in [-0.15, -0.1) is 0 Å². The van der Waals surface area contributed by atoms with Crippen molar-refractivity contribution in [3.8, 4) is 0 Å². The van der Waals surface area contributed by atoms with Crippen molar-refractivity contribution < 1.29 is 14.5 Å². The maximum atomic E-state index is 9.72. The Bertz CT molecular complexity index is 421. The van der Waals surface area contributed by atoms with Crippen LogP contribution in [0.2, 0.25) is 0 Å². The molecular formula is C13H22BrN3O3. The number of oxime groups is 1. The second kappa shape index (κ2) is 9.10. The molecule has 0 fully saturated rings. The van der Waals surface area contributed by atoms with Gasteiger partial charge in [0, 0.05) is 18.7 Å². The van der Waals surface area contributed by atoms with Crippen molar-refractivity contribution in [3.05, 3.63) is 16.4 Å². The third kappa shape index (κ3) is 6.49. The number of aliphatic hydroxyl groups is 1. The summed E-state index contributed by atoms with van der Waals surface area (Å²) in [5, 5.41) is 20.6. The Kier molecular flexibility index (Phi) is 7.79. The van der Waals surface area contributed by atoms with Crippen molar-refractivity contribution in [2.45, 2.75) is 45.8 Å². The van der Waals surface area contributed by atoms with Gasteiger partial charge in [0.25, 0.3) is 0 Å². The van der Waals surface area contributed by atoms with E-state index in [1.54, 1.807) is 6.07 Å². The summed E-state index contributed by atoms with van der Waals surface area (Å²) in [6.45, 7) is 6.70. The molecule has 0 spiro atoms. The van der Waals surface area contributed by atoms with Gasteiger partial charge in [-0.05, 0) is 22.4 Å². The molecule has 1 atom stereocenters. The summed E-state index contributed by atoms with van der Waals surface area (Å²) in [5.41, 5.74) is 0.690. The number of halogens is 1. The van der Waals surface area contributed by atoms with Crippen LogP contribution in [0.1, 0.15) is 39.4 Å². The molecule has 20 heavy (non-hydrogen) atoms. The van der Waals surface area contributed by atoms with Gasteiger partial charge in [-0.1, -0.05) is 37.5 Å². The Labute approximate surface area is 127 Å². The summed E-state index contributed by atoms with van der Waals surface area (Å²) in [6.07, 6.45) is 1.05. The molecule has 1 unspecified atom stereocenters. The van der Waals surface area contributed by atoms with Crippen molar-refractivity contribution in [2.24, 2.45) is 5.16 Å². The van der Waals surface area contributed by atoms with E-state index in [1.807, 2.05) is 20.8 Å². The largest absolute Gasteiger partial charge is 0.393 e. The average Bonchev–Trinajstić information content (AvgIpc) is 2.82. The quantitative estimate of drug-likeness (QED) is 0.529. The van der Waals surface area contributed by atoms with Gasteiger partial charge in [0.2, 0.25) is 0 Å². The standard InChI is InChI=1S/C13H22BrN3O3/c1-4-5-11(12-6-13(14)17-20-12)16-19-8-10(18)7-15-9(2)3/h6,9-10,15,18H,4-5,7-8H2,1-3H3/b16-11+. The normalized spacial score (nSPS) is 13.8. The minimum atomic E-state index is -0.592. The van der Waals surface area contributed by atoms with Crippen LogP contribution in [0.4, 0.5) is 0 Å². The van der Waals surface area contributed by atoms with Crippen molar-refractivity contribution in [2.75, 3.05) is 13.2 Å². The van der Waals surface area contributed by atoms with E-state index in [1.165, 1.54) is 0 Å². The SMILES string of the molecule is CCC/C(=N\OCC(O)CNC(C)C)c1cc(Br)no1. The first-order chi connectivity index (χ1) is 9.52. The van der Waals surface area contributed by atoms with E-state index in [9.17, 15) is 5.11 Å². The minimum Gasteiger partial charge on any atom is -0.393 e. The molecule has 0 bridgehead atoms. The van der Waals surface area contributed by atoms with Crippen LogP contribution in [-0.4, -0.2) is 41.3 Å². The Morgan fingerprint density at radius 3 is 2.90 bits per heavy atom. The van der Waals surface area contributed by atoms with E-state index in [0.29, 0.717) is 28.7 Å². The first-order valence-corrected chi connectivity index (χ1v) is 7.55. The van der Waals surface area contributed by atoms with Crippen molar-refractivity contribution in [3.63, 3.8) is 0 Å². The van der Waals surface area contributed by atoms with Gasteiger partial charge >= 0.3 is 0 Å². The third-order valence-electron chi connectivity index (χ3n) is 2.46. The van der Waals surface area contributed by atoms with Gasteiger partial charge in [0.1, 0.15) is 23.0 Å². The zero-order valence-corrected chi connectivity index (χ0v) is 13.7. The van der Waals surface area contributed by atoms with Crippen molar-refractivity contribution in [1.82, 2.24) is 10.5 Å². The fraction of sp³-hybridized carbons (Fsp3) is 0.692. The van der Waals surface area contributed by atoms with E-state index in [-0.39, 0.29) is 6.61 Å². The predicted octanol–water partition coefficient (Wildman–Crippen LogP) is 2.32. The fourth-order valence-corrected chi connectivity index (χ4v) is 1.75. The second-order valence-electron chi connectivity index (χ2n) is 4.81. The van der Waals surface area contributed by atoms with Gasteiger partial charge < -0.3 is 19.8 Å². The number of nitrogens with one attached hydrogen (secondary N) is 1. The maximum absolute atomic E-state index is 9.72. The minimum absolute atomic E-state index is 0.141. The molecule has 6 nitrogen and oxygen atoms in total. The Morgan fingerprint density at radius 2 is 2.35 bits per heavy atom. The van der Waals surface area contributed by atoms with E-state index < -0.39 is 6.10 Å². The summed E-state index contributed by atoms with van der Waals surface area (Å²) in [6, 6.07) is 2.07. The molecule has 0 amide bonds. The van der Waals surface area contributed by atoms with Crippen LogP contribution in [0.25, 0.3) is 0 Å². The maximum Gasteiger partial charge on any atom is 0.185 e. The molecule has 114 valence electrons. The number of aliphatic hydroxyl groups excluding tert-OH is 1. The van der Waals surface area contributed by atoms with E-state index in [0.717, 1.165) is 12.8 Å². The van der Waals surface area contributed by atoms with E-state index in [2.05, 4.69) is 31.6 Å². The number of rotatable bonds is 9. The van der Waals surface area contributed by atoms with Crippen LogP contribution in [-0.2, 0) is 4.84 Å². The first-order valence-electron chi connectivity index (χ1n) is 6.75. The molecule has 0 saturated carbocycles. The van der Waals surface area contributed by atoms with Crippen LogP contribution in [0.5, 0.6) is 0 Å². The molecule has 2 N–H and O–H groups in total. The highest BCUT2D eigenvalue weighted by Crippen LogP contribution is 2.13. The molecule has 1 rings (SSSR count). The van der Waals surface area contributed by atoms with Gasteiger partial charge in [-0.3, -0.25) is 0 Å². The fourth-order valence-electron chi connectivity index (χ4n) is 1.47. The van der Waals surface area contributed by atoms with Crippen LogP contribution in [0.15, 0.2) is 20.3 Å². The molecule has 1 aromatic rings. The van der Waals surface area contributed by atoms with E-state index in [4.69, 9.17) is 9.36 Å². The molecule has 0 aromatic carbocycles. The number of nitrogens with zero attached hydrogens (tertiary/aromatic N) is 2. The summed E-state index contributed by atoms with van der Waals surface area (Å²) >= 11 is 3.23. The molecule has 0 aliphatic rings. The van der Waals surface area contributed by atoms with Crippen molar-refractivity contribution in [1.29, 1.82) is 0 Å². The molecule has 7 heteroatoms. The lowest BCUT2D eigenvalue weighted by molar-refractivity contribution is 0.0390.